The summed E-state index contributed by atoms with van der Waals surface area (Å²) in [6.07, 6.45) is 3.10. The molecule has 1 aliphatic heterocycles. The third-order valence-corrected chi connectivity index (χ3v) is 7.05. The minimum Gasteiger partial charge on any atom is -0.366 e. The summed E-state index contributed by atoms with van der Waals surface area (Å²) in [6, 6.07) is 11.9. The molecule has 0 atom stereocenters. The largest absolute Gasteiger partial charge is 0.366 e. The van der Waals surface area contributed by atoms with Gasteiger partial charge in [0.05, 0.1) is 10.6 Å². The number of hydrogen-bond acceptors (Lipinski definition) is 9. The number of rotatable bonds is 5. The molecule has 5 rings (SSSR count). The number of aromatic nitrogens is 4. The fourth-order valence-corrected chi connectivity index (χ4v) is 5.27. The van der Waals surface area contributed by atoms with Gasteiger partial charge in [-0.25, -0.2) is 0 Å². The van der Waals surface area contributed by atoms with E-state index < -0.39 is 10.8 Å². The Morgan fingerprint density at radius 3 is 2.67 bits per heavy atom. The molecule has 4 aromatic rings. The van der Waals surface area contributed by atoms with Crippen LogP contribution in [0.3, 0.4) is 0 Å². The summed E-state index contributed by atoms with van der Waals surface area (Å²) in [7, 11) is 0. The third kappa shape index (κ3) is 4.75. The number of fused-ring (bicyclic) bond motifs is 1. The van der Waals surface area contributed by atoms with Gasteiger partial charge in [-0.05, 0) is 62.7 Å². The summed E-state index contributed by atoms with van der Waals surface area (Å²) >= 11 is 6.75. The maximum Gasteiger partial charge on any atom is 0.293 e. The van der Waals surface area contributed by atoms with Crippen LogP contribution in [-0.2, 0) is 0 Å². The standard InChI is InChI=1S/C23H22N8O3S2/c1-14-26-27-23-30(14)28-21(36-23)16-7-3-4-8-17(16)24-22(35)25-20(32)15-9-10-18(19(13-15)31(33)34)29-11-5-2-6-12-29/h3-4,7-10,13H,2,5-6,11-12H2,1H3,(H2,24,25,32,35). The zero-order chi connectivity index (χ0) is 25.2. The summed E-state index contributed by atoms with van der Waals surface area (Å²) in [5.74, 6) is 0.147. The van der Waals surface area contributed by atoms with Gasteiger partial charge >= 0.3 is 0 Å². The van der Waals surface area contributed by atoms with Gasteiger partial charge in [0.1, 0.15) is 10.7 Å². The van der Waals surface area contributed by atoms with Crippen molar-refractivity contribution in [2.75, 3.05) is 23.3 Å². The van der Waals surface area contributed by atoms with Gasteiger partial charge in [0.25, 0.3) is 11.6 Å². The average molecular weight is 523 g/mol. The first kappa shape index (κ1) is 23.8. The SMILES string of the molecule is Cc1nnc2sc(-c3ccccc3NC(=S)NC(=O)c3ccc(N4CCCCC4)c([N+](=O)[O-])c3)nn12. The zero-order valence-corrected chi connectivity index (χ0v) is 20.9. The molecule has 3 heterocycles. The van der Waals surface area contributed by atoms with E-state index in [2.05, 4.69) is 25.9 Å². The van der Waals surface area contributed by atoms with Crippen molar-refractivity contribution in [2.24, 2.45) is 0 Å². The second-order valence-corrected chi connectivity index (χ2v) is 9.68. The van der Waals surface area contributed by atoms with Crippen LogP contribution in [0.4, 0.5) is 17.1 Å². The Labute approximate surface area is 215 Å². The summed E-state index contributed by atoms with van der Waals surface area (Å²) in [6.45, 7) is 3.35. The van der Waals surface area contributed by atoms with Crippen LogP contribution >= 0.6 is 23.6 Å². The van der Waals surface area contributed by atoms with Crippen LogP contribution in [0.25, 0.3) is 15.5 Å². The Kier molecular flexibility index (Phi) is 6.57. The van der Waals surface area contributed by atoms with E-state index in [9.17, 15) is 14.9 Å². The topological polar surface area (TPSA) is 131 Å². The number of carbonyl (C=O) groups excluding carboxylic acids is 1. The van der Waals surface area contributed by atoms with Gasteiger partial charge in [-0.2, -0.15) is 9.61 Å². The van der Waals surface area contributed by atoms with E-state index in [0.29, 0.717) is 27.2 Å². The number of carbonyl (C=O) groups is 1. The molecule has 36 heavy (non-hydrogen) atoms. The van der Waals surface area contributed by atoms with Crippen molar-refractivity contribution < 1.29 is 9.72 Å². The molecule has 2 aromatic heterocycles. The molecule has 11 nitrogen and oxygen atoms in total. The number of nitrogens with zero attached hydrogens (tertiary/aromatic N) is 6. The van der Waals surface area contributed by atoms with Crippen molar-refractivity contribution in [3.63, 3.8) is 0 Å². The highest BCUT2D eigenvalue weighted by molar-refractivity contribution is 7.80. The number of piperidine rings is 1. The van der Waals surface area contributed by atoms with Gasteiger partial charge in [0, 0.05) is 30.3 Å². The Hall–Kier alpha value is -3.97. The molecule has 184 valence electrons. The number of anilines is 2. The fraction of sp³-hybridized carbons (Fsp3) is 0.261. The van der Waals surface area contributed by atoms with Crippen molar-refractivity contribution in [2.45, 2.75) is 26.2 Å². The minimum absolute atomic E-state index is 0.0643. The molecule has 0 aliphatic carbocycles. The molecule has 0 saturated carbocycles. The number of nitro groups is 1. The highest BCUT2D eigenvalue weighted by atomic mass is 32.1. The molecular formula is C23H22N8O3S2. The minimum atomic E-state index is -0.535. The van der Waals surface area contributed by atoms with E-state index in [1.807, 2.05) is 36.1 Å². The van der Waals surface area contributed by atoms with Crippen molar-refractivity contribution in [3.05, 3.63) is 64.0 Å². The molecular weight excluding hydrogens is 500 g/mol. The van der Waals surface area contributed by atoms with Crippen LogP contribution in [0.15, 0.2) is 42.5 Å². The van der Waals surface area contributed by atoms with Crippen molar-refractivity contribution in [1.82, 2.24) is 25.1 Å². The molecule has 1 fully saturated rings. The number of amides is 1. The maximum atomic E-state index is 12.9. The molecule has 1 amide bonds. The van der Waals surface area contributed by atoms with E-state index in [4.69, 9.17) is 12.2 Å². The predicted octanol–water partition coefficient (Wildman–Crippen LogP) is 4.19. The van der Waals surface area contributed by atoms with Crippen molar-refractivity contribution in [1.29, 1.82) is 0 Å². The monoisotopic (exact) mass is 522 g/mol. The highest BCUT2D eigenvalue weighted by Gasteiger charge is 2.23. The second-order valence-electron chi connectivity index (χ2n) is 8.31. The number of thiocarbonyl (C=S) groups is 1. The van der Waals surface area contributed by atoms with Crippen LogP contribution in [0.1, 0.15) is 35.4 Å². The zero-order valence-electron chi connectivity index (χ0n) is 19.3. The van der Waals surface area contributed by atoms with Crippen LogP contribution in [0, 0.1) is 17.0 Å². The van der Waals surface area contributed by atoms with E-state index in [1.165, 1.54) is 17.4 Å². The first-order chi connectivity index (χ1) is 17.4. The van der Waals surface area contributed by atoms with E-state index in [1.54, 1.807) is 16.6 Å². The maximum absolute atomic E-state index is 12.9. The normalized spacial score (nSPS) is 13.5. The molecule has 2 N–H and O–H groups in total. The Balaban J connectivity index is 1.32. The number of nitrogens with one attached hydrogen (secondary N) is 2. The molecule has 0 radical (unpaired) electrons. The molecule has 1 saturated heterocycles. The van der Waals surface area contributed by atoms with Crippen LogP contribution in [0.5, 0.6) is 0 Å². The molecule has 1 aliphatic rings. The summed E-state index contributed by atoms with van der Waals surface area (Å²) in [5.41, 5.74) is 2.03. The van der Waals surface area contributed by atoms with Crippen LogP contribution in [0.2, 0.25) is 0 Å². The number of nitro benzene ring substituents is 1. The fourth-order valence-electron chi connectivity index (χ4n) is 4.14. The van der Waals surface area contributed by atoms with Gasteiger partial charge in [-0.3, -0.25) is 20.2 Å². The second kappa shape index (κ2) is 9.95. The molecule has 13 heteroatoms. The van der Waals surface area contributed by atoms with E-state index >= 15 is 0 Å². The van der Waals surface area contributed by atoms with E-state index in [-0.39, 0.29) is 16.4 Å². The summed E-state index contributed by atoms with van der Waals surface area (Å²) < 4.78 is 1.66. The van der Waals surface area contributed by atoms with E-state index in [0.717, 1.165) is 37.9 Å². The lowest BCUT2D eigenvalue weighted by Crippen LogP contribution is -2.34. The van der Waals surface area contributed by atoms with Gasteiger partial charge in [0.15, 0.2) is 10.9 Å². The lowest BCUT2D eigenvalue weighted by molar-refractivity contribution is -0.384. The number of hydrogen-bond donors (Lipinski definition) is 2. The quantitative estimate of drug-likeness (QED) is 0.225. The van der Waals surface area contributed by atoms with Gasteiger partial charge in [-0.15, -0.1) is 10.2 Å². The molecule has 2 aromatic carbocycles. The molecule has 0 spiro atoms. The predicted molar refractivity (Wildman–Crippen MR) is 142 cm³/mol. The number of benzene rings is 2. The van der Waals surface area contributed by atoms with Gasteiger partial charge < -0.3 is 10.2 Å². The van der Waals surface area contributed by atoms with Crippen LogP contribution < -0.4 is 15.5 Å². The van der Waals surface area contributed by atoms with Crippen LogP contribution in [-0.4, -0.2) is 48.8 Å². The Bertz CT molecular complexity index is 1480. The average Bonchev–Trinajstić information content (AvgIpc) is 3.46. The van der Waals surface area contributed by atoms with Gasteiger partial charge in [-0.1, -0.05) is 23.5 Å². The first-order valence-corrected chi connectivity index (χ1v) is 12.6. The Morgan fingerprint density at radius 2 is 1.92 bits per heavy atom. The smallest absolute Gasteiger partial charge is 0.293 e. The lowest BCUT2D eigenvalue weighted by atomic mass is 10.1. The molecule has 0 bridgehead atoms. The lowest BCUT2D eigenvalue weighted by Gasteiger charge is -2.28. The highest BCUT2D eigenvalue weighted by Crippen LogP contribution is 2.32. The molecule has 0 unspecified atom stereocenters. The summed E-state index contributed by atoms with van der Waals surface area (Å²) in [5, 5.41) is 30.8. The van der Waals surface area contributed by atoms with Crippen molar-refractivity contribution in [3.8, 4) is 10.6 Å². The third-order valence-electron chi connectivity index (χ3n) is 5.91. The van der Waals surface area contributed by atoms with Gasteiger partial charge in [0.2, 0.25) is 4.96 Å². The van der Waals surface area contributed by atoms with Crippen molar-refractivity contribution >= 4 is 56.6 Å². The summed E-state index contributed by atoms with van der Waals surface area (Å²) in [4.78, 5) is 26.8. The number of aryl methyl sites for hydroxylation is 1. The first-order valence-electron chi connectivity index (χ1n) is 11.3. The Morgan fingerprint density at radius 1 is 1.14 bits per heavy atom. The number of para-hydroxylation sites is 1.